The topological polar surface area (TPSA) is 72.3 Å². The molecule has 1 unspecified atom stereocenters. The molecule has 1 N–H and O–H groups in total. The number of methoxy groups -OCH3 is 1. The predicted octanol–water partition coefficient (Wildman–Crippen LogP) is 2.42. The van der Waals surface area contributed by atoms with Crippen LogP contribution < -0.4 is 20.5 Å². The molecule has 8 heteroatoms. The Labute approximate surface area is 175 Å². The van der Waals surface area contributed by atoms with E-state index in [2.05, 4.69) is 21.3 Å². The molecule has 1 aromatic carbocycles. The summed E-state index contributed by atoms with van der Waals surface area (Å²) in [5.41, 5.74) is 2.56. The van der Waals surface area contributed by atoms with Crippen LogP contribution in [0.3, 0.4) is 0 Å². The lowest BCUT2D eigenvalue weighted by Gasteiger charge is -2.35. The van der Waals surface area contributed by atoms with Gasteiger partial charge in [-0.2, -0.15) is 0 Å². The zero-order valence-corrected chi connectivity index (χ0v) is 17.2. The number of aromatic nitrogens is 3. The first-order chi connectivity index (χ1) is 13.7. The lowest BCUT2D eigenvalue weighted by Crippen LogP contribution is -2.47. The maximum atomic E-state index is 12.6. The molecule has 1 fully saturated rings. The van der Waals surface area contributed by atoms with Crippen molar-refractivity contribution in [2.45, 2.75) is 6.04 Å². The van der Waals surface area contributed by atoms with E-state index < -0.39 is 0 Å². The summed E-state index contributed by atoms with van der Waals surface area (Å²) in [7, 11) is 3.45. The van der Waals surface area contributed by atoms with Crippen molar-refractivity contribution < 1.29 is 4.74 Å². The van der Waals surface area contributed by atoms with Crippen LogP contribution in [0.2, 0.25) is 0 Å². The molecule has 7 nitrogen and oxygen atoms in total. The van der Waals surface area contributed by atoms with E-state index in [1.165, 1.54) is 0 Å². The smallest absolute Gasteiger partial charge is 0.255 e. The third-order valence-corrected chi connectivity index (χ3v) is 5.06. The van der Waals surface area contributed by atoms with E-state index in [4.69, 9.17) is 9.72 Å². The zero-order chi connectivity index (χ0) is 19.5. The Bertz CT molecular complexity index is 1030. The molecule has 1 aliphatic rings. The SMILES string of the molecule is COc1ccccc1C1CN(c2nc(-c3ccncc3)cc(=O)n2C)CCN1.Cl. The normalized spacial score (nSPS) is 16.2. The summed E-state index contributed by atoms with van der Waals surface area (Å²) in [6.07, 6.45) is 3.41. The number of ether oxygens (including phenoxy) is 1. The van der Waals surface area contributed by atoms with Gasteiger partial charge in [-0.25, -0.2) is 4.98 Å². The average molecular weight is 414 g/mol. The minimum Gasteiger partial charge on any atom is -0.496 e. The molecule has 0 aliphatic carbocycles. The number of nitrogens with zero attached hydrogens (tertiary/aromatic N) is 4. The molecule has 3 heterocycles. The van der Waals surface area contributed by atoms with E-state index in [1.54, 1.807) is 37.2 Å². The molecule has 3 aromatic rings. The second-order valence-corrected chi connectivity index (χ2v) is 6.77. The minimum atomic E-state index is -0.0795. The van der Waals surface area contributed by atoms with Crippen LogP contribution in [0.1, 0.15) is 11.6 Å². The van der Waals surface area contributed by atoms with Gasteiger partial charge < -0.3 is 15.0 Å². The highest BCUT2D eigenvalue weighted by atomic mass is 35.5. The molecule has 0 radical (unpaired) electrons. The third-order valence-electron chi connectivity index (χ3n) is 5.06. The number of anilines is 1. The number of hydrogen-bond acceptors (Lipinski definition) is 6. The fraction of sp³-hybridized carbons (Fsp3) is 0.286. The number of rotatable bonds is 4. The van der Waals surface area contributed by atoms with Gasteiger partial charge in [-0.05, 0) is 18.2 Å². The van der Waals surface area contributed by atoms with Crippen LogP contribution in [0.4, 0.5) is 5.95 Å². The van der Waals surface area contributed by atoms with Gasteiger partial charge in [0.05, 0.1) is 18.8 Å². The Balaban J connectivity index is 0.00000240. The van der Waals surface area contributed by atoms with Crippen molar-refractivity contribution >= 4 is 18.4 Å². The first kappa shape index (κ1) is 20.8. The van der Waals surface area contributed by atoms with Crippen molar-refractivity contribution in [1.29, 1.82) is 0 Å². The number of benzene rings is 1. The van der Waals surface area contributed by atoms with Gasteiger partial charge in [0.2, 0.25) is 5.95 Å². The summed E-state index contributed by atoms with van der Waals surface area (Å²) in [5, 5.41) is 3.55. The molecule has 4 rings (SSSR count). The summed E-state index contributed by atoms with van der Waals surface area (Å²) < 4.78 is 7.13. The fourth-order valence-electron chi connectivity index (χ4n) is 3.57. The van der Waals surface area contributed by atoms with E-state index in [9.17, 15) is 4.79 Å². The van der Waals surface area contributed by atoms with Crippen molar-refractivity contribution in [2.24, 2.45) is 7.05 Å². The monoisotopic (exact) mass is 413 g/mol. The maximum absolute atomic E-state index is 12.6. The molecule has 1 atom stereocenters. The number of para-hydroxylation sites is 1. The van der Waals surface area contributed by atoms with E-state index >= 15 is 0 Å². The number of hydrogen-bond donors (Lipinski definition) is 1. The summed E-state index contributed by atoms with van der Waals surface area (Å²) in [6, 6.07) is 13.4. The van der Waals surface area contributed by atoms with Crippen LogP contribution in [0.5, 0.6) is 5.75 Å². The number of pyridine rings is 1. The van der Waals surface area contributed by atoms with E-state index in [-0.39, 0.29) is 24.0 Å². The molecule has 1 saturated heterocycles. The molecule has 152 valence electrons. The standard InChI is InChI=1S/C21H23N5O2.ClH/c1-25-20(27)13-17(15-7-9-22-10-8-15)24-21(25)26-12-11-23-18(14-26)16-5-3-4-6-19(16)28-2;/h3-10,13,18,23H,11-12,14H2,1-2H3;1H. The van der Waals surface area contributed by atoms with E-state index in [1.807, 2.05) is 30.3 Å². The van der Waals surface area contributed by atoms with Crippen LogP contribution >= 0.6 is 12.4 Å². The van der Waals surface area contributed by atoms with Crippen molar-refractivity contribution in [3.63, 3.8) is 0 Å². The van der Waals surface area contributed by atoms with Gasteiger partial charge in [0.1, 0.15) is 5.75 Å². The van der Waals surface area contributed by atoms with Gasteiger partial charge in [-0.3, -0.25) is 14.3 Å². The first-order valence-corrected chi connectivity index (χ1v) is 9.27. The lowest BCUT2D eigenvalue weighted by molar-refractivity contribution is 0.390. The highest BCUT2D eigenvalue weighted by molar-refractivity contribution is 5.85. The van der Waals surface area contributed by atoms with Crippen LogP contribution in [-0.4, -0.2) is 41.3 Å². The van der Waals surface area contributed by atoms with Gasteiger partial charge in [0.25, 0.3) is 5.56 Å². The largest absolute Gasteiger partial charge is 0.496 e. The van der Waals surface area contributed by atoms with Gasteiger partial charge >= 0.3 is 0 Å². The van der Waals surface area contributed by atoms with Crippen LogP contribution in [0, 0.1) is 0 Å². The highest BCUT2D eigenvalue weighted by Gasteiger charge is 2.25. The molecule has 0 amide bonds. The van der Waals surface area contributed by atoms with E-state index in [0.717, 1.165) is 30.0 Å². The Morgan fingerprint density at radius 2 is 1.93 bits per heavy atom. The molecule has 0 saturated carbocycles. The summed E-state index contributed by atoms with van der Waals surface area (Å²) in [5.74, 6) is 1.52. The Morgan fingerprint density at radius 3 is 2.69 bits per heavy atom. The number of nitrogens with one attached hydrogen (secondary N) is 1. The maximum Gasteiger partial charge on any atom is 0.255 e. The summed E-state index contributed by atoms with van der Waals surface area (Å²) in [6.45, 7) is 2.25. The third kappa shape index (κ3) is 4.26. The molecular weight excluding hydrogens is 390 g/mol. The Morgan fingerprint density at radius 1 is 1.17 bits per heavy atom. The van der Waals surface area contributed by atoms with Gasteiger partial charge in [-0.15, -0.1) is 12.4 Å². The zero-order valence-electron chi connectivity index (χ0n) is 16.4. The van der Waals surface area contributed by atoms with Crippen LogP contribution in [0.25, 0.3) is 11.3 Å². The Kier molecular flexibility index (Phi) is 6.51. The molecule has 29 heavy (non-hydrogen) atoms. The fourth-order valence-corrected chi connectivity index (χ4v) is 3.57. The van der Waals surface area contributed by atoms with Crippen molar-refractivity contribution in [3.05, 3.63) is 70.8 Å². The Hall–Kier alpha value is -2.90. The van der Waals surface area contributed by atoms with Crippen LogP contribution in [0.15, 0.2) is 59.7 Å². The van der Waals surface area contributed by atoms with Crippen molar-refractivity contribution in [3.8, 4) is 17.0 Å². The van der Waals surface area contributed by atoms with Crippen LogP contribution in [-0.2, 0) is 7.05 Å². The molecule has 0 bridgehead atoms. The lowest BCUT2D eigenvalue weighted by atomic mass is 10.0. The van der Waals surface area contributed by atoms with E-state index in [0.29, 0.717) is 18.2 Å². The van der Waals surface area contributed by atoms with Gasteiger partial charge in [0, 0.05) is 56.3 Å². The number of piperazine rings is 1. The summed E-state index contributed by atoms with van der Waals surface area (Å²) in [4.78, 5) is 23.6. The second-order valence-electron chi connectivity index (χ2n) is 6.77. The van der Waals surface area contributed by atoms with Gasteiger partial charge in [-0.1, -0.05) is 18.2 Å². The molecule has 2 aromatic heterocycles. The minimum absolute atomic E-state index is 0. The first-order valence-electron chi connectivity index (χ1n) is 9.27. The van der Waals surface area contributed by atoms with Crippen molar-refractivity contribution in [2.75, 3.05) is 31.6 Å². The highest BCUT2D eigenvalue weighted by Crippen LogP contribution is 2.28. The summed E-state index contributed by atoms with van der Waals surface area (Å²) >= 11 is 0. The molecule has 1 aliphatic heterocycles. The molecule has 0 spiro atoms. The molecular formula is C21H24ClN5O2. The van der Waals surface area contributed by atoms with Gasteiger partial charge in [0.15, 0.2) is 0 Å². The average Bonchev–Trinajstić information content (AvgIpc) is 2.76. The second kappa shape index (κ2) is 9.07. The predicted molar refractivity (Wildman–Crippen MR) is 116 cm³/mol. The quantitative estimate of drug-likeness (QED) is 0.708. The van der Waals surface area contributed by atoms with Crippen molar-refractivity contribution in [1.82, 2.24) is 19.9 Å². The number of halogens is 1.